The predicted octanol–water partition coefficient (Wildman–Crippen LogP) is 3.03. The summed E-state index contributed by atoms with van der Waals surface area (Å²) < 4.78 is 32.5. The second-order valence-electron chi connectivity index (χ2n) is 5.98. The molecular weight excluding hydrogens is 426 g/mol. The van der Waals surface area contributed by atoms with Gasteiger partial charge in [-0.15, -0.1) is 0 Å². The Morgan fingerprint density at radius 1 is 1.22 bits per heavy atom. The average molecular weight is 443 g/mol. The lowest BCUT2D eigenvalue weighted by atomic mass is 9.99. The fraction of sp³-hybridized carbons (Fsp3) is 0.278. The highest BCUT2D eigenvalue weighted by molar-refractivity contribution is 9.10. The molecule has 0 spiro atoms. The first-order valence-electron chi connectivity index (χ1n) is 8.13. The fourth-order valence-electron chi connectivity index (χ4n) is 3.03. The highest BCUT2D eigenvalue weighted by Crippen LogP contribution is 2.34. The highest BCUT2D eigenvalue weighted by Gasteiger charge is 2.25. The number of hydrogen-bond donors (Lipinski definition) is 3. The number of ether oxygens (including phenoxy) is 1. The molecule has 0 aliphatic carbocycles. The second kappa shape index (κ2) is 8.20. The first-order valence-corrected chi connectivity index (χ1v) is 8.92. The fourth-order valence-corrected chi connectivity index (χ4v) is 3.38. The molecule has 3 N–H and O–H groups in total. The van der Waals surface area contributed by atoms with E-state index in [1.165, 1.54) is 10.7 Å². The van der Waals surface area contributed by atoms with E-state index in [9.17, 15) is 23.8 Å². The van der Waals surface area contributed by atoms with Crippen LogP contribution in [0, 0.1) is 0 Å². The summed E-state index contributed by atoms with van der Waals surface area (Å²) in [7, 11) is 0. The number of fused-ring (bicyclic) bond motifs is 1. The van der Waals surface area contributed by atoms with E-state index < -0.39 is 25.4 Å². The van der Waals surface area contributed by atoms with E-state index in [-0.39, 0.29) is 17.7 Å². The number of hydrogen-bond acceptors (Lipinski definition) is 4. The van der Waals surface area contributed by atoms with Gasteiger partial charge in [0.15, 0.2) is 0 Å². The third-order valence-electron chi connectivity index (χ3n) is 4.20. The Bertz CT molecular complexity index is 989. The van der Waals surface area contributed by atoms with E-state index in [1.54, 1.807) is 36.4 Å². The van der Waals surface area contributed by atoms with Gasteiger partial charge in [0, 0.05) is 16.5 Å². The van der Waals surface area contributed by atoms with Crippen LogP contribution < -0.4 is 10.3 Å². The maximum absolute atomic E-state index is 12.8. The second-order valence-corrected chi connectivity index (χ2v) is 6.89. The van der Waals surface area contributed by atoms with Crippen LogP contribution in [0.25, 0.3) is 10.9 Å². The molecular formula is C18H17BrF2N2O4. The SMILES string of the molecule is O=c1[nH]n(C(CC(O)CO)c2ccccc2OC(F)F)c2cc(Br)ccc12. The number of nitrogens with zero attached hydrogens (tertiary/aromatic N) is 1. The number of aliphatic hydroxyl groups is 2. The predicted molar refractivity (Wildman–Crippen MR) is 99.2 cm³/mol. The van der Waals surface area contributed by atoms with Crippen molar-refractivity contribution in [3.63, 3.8) is 0 Å². The lowest BCUT2D eigenvalue weighted by molar-refractivity contribution is -0.0508. The van der Waals surface area contributed by atoms with Gasteiger partial charge < -0.3 is 14.9 Å². The third kappa shape index (κ3) is 4.20. The van der Waals surface area contributed by atoms with Gasteiger partial charge in [-0.3, -0.25) is 14.6 Å². The van der Waals surface area contributed by atoms with E-state index in [1.807, 2.05) is 0 Å². The Morgan fingerprint density at radius 3 is 2.67 bits per heavy atom. The van der Waals surface area contributed by atoms with Gasteiger partial charge in [0.05, 0.1) is 29.7 Å². The lowest BCUT2D eigenvalue weighted by Crippen LogP contribution is -2.23. The average Bonchev–Trinajstić information content (AvgIpc) is 2.95. The summed E-state index contributed by atoms with van der Waals surface area (Å²) in [6.07, 6.45) is -1.14. The molecule has 2 unspecified atom stereocenters. The molecule has 1 aromatic heterocycles. The number of para-hydroxylation sites is 1. The molecule has 0 saturated heterocycles. The molecule has 0 aliphatic rings. The van der Waals surface area contributed by atoms with Crippen LogP contribution in [-0.4, -0.2) is 39.3 Å². The van der Waals surface area contributed by atoms with Gasteiger partial charge >= 0.3 is 6.61 Å². The molecule has 0 bridgehead atoms. The minimum absolute atomic E-state index is 0.0215. The van der Waals surface area contributed by atoms with Crippen molar-refractivity contribution in [3.8, 4) is 5.75 Å². The summed E-state index contributed by atoms with van der Waals surface area (Å²) in [6, 6.07) is 10.5. The van der Waals surface area contributed by atoms with Crippen LogP contribution in [0.1, 0.15) is 18.0 Å². The summed E-state index contributed by atoms with van der Waals surface area (Å²) >= 11 is 3.35. The molecule has 0 saturated carbocycles. The Balaban J connectivity index is 2.19. The maximum atomic E-state index is 12.8. The largest absolute Gasteiger partial charge is 0.434 e. The van der Waals surface area contributed by atoms with Crippen molar-refractivity contribution < 1.29 is 23.7 Å². The Morgan fingerprint density at radius 2 is 1.96 bits per heavy atom. The minimum Gasteiger partial charge on any atom is -0.434 e. The number of aliphatic hydroxyl groups excluding tert-OH is 2. The molecule has 0 fully saturated rings. The summed E-state index contributed by atoms with van der Waals surface area (Å²) in [5.41, 5.74) is 0.517. The summed E-state index contributed by atoms with van der Waals surface area (Å²) in [5.74, 6) is -0.0691. The Hall–Kier alpha value is -2.23. The smallest absolute Gasteiger partial charge is 0.387 e. The Labute approximate surface area is 161 Å². The van der Waals surface area contributed by atoms with Crippen LogP contribution in [0.2, 0.25) is 0 Å². The first-order chi connectivity index (χ1) is 12.9. The number of halogens is 3. The van der Waals surface area contributed by atoms with Crippen LogP contribution in [-0.2, 0) is 0 Å². The molecule has 144 valence electrons. The number of rotatable bonds is 7. The van der Waals surface area contributed by atoms with Crippen LogP contribution in [0.15, 0.2) is 51.7 Å². The van der Waals surface area contributed by atoms with Crippen molar-refractivity contribution >= 4 is 26.8 Å². The van der Waals surface area contributed by atoms with Gasteiger partial charge in [-0.1, -0.05) is 34.1 Å². The standard InChI is InChI=1S/C18H17BrF2N2O4/c19-10-5-6-13-14(7-10)23(22-17(13)26)15(8-11(25)9-24)12-3-1-2-4-16(12)27-18(20)21/h1-7,11,15,18,24-25H,8-9H2,(H,22,26). The highest BCUT2D eigenvalue weighted by atomic mass is 79.9. The van der Waals surface area contributed by atoms with Gasteiger partial charge in [-0.05, 0) is 24.3 Å². The summed E-state index contributed by atoms with van der Waals surface area (Å²) in [4.78, 5) is 12.3. The van der Waals surface area contributed by atoms with E-state index in [0.29, 0.717) is 16.5 Å². The van der Waals surface area contributed by atoms with Gasteiger partial charge in [0.1, 0.15) is 5.75 Å². The topological polar surface area (TPSA) is 87.5 Å². The van der Waals surface area contributed by atoms with Crippen LogP contribution in [0.4, 0.5) is 8.78 Å². The lowest BCUT2D eigenvalue weighted by Gasteiger charge is -2.24. The van der Waals surface area contributed by atoms with Crippen molar-refractivity contribution in [2.24, 2.45) is 0 Å². The van der Waals surface area contributed by atoms with Gasteiger partial charge in [-0.25, -0.2) is 0 Å². The number of benzene rings is 2. The first kappa shape index (κ1) is 19.5. The Kier molecular flexibility index (Phi) is 5.93. The zero-order valence-electron chi connectivity index (χ0n) is 14.0. The molecule has 6 nitrogen and oxygen atoms in total. The van der Waals surface area contributed by atoms with Crippen molar-refractivity contribution in [3.05, 3.63) is 62.9 Å². The van der Waals surface area contributed by atoms with Gasteiger partial charge in [0.2, 0.25) is 0 Å². The zero-order chi connectivity index (χ0) is 19.6. The molecule has 0 aliphatic heterocycles. The monoisotopic (exact) mass is 442 g/mol. The van der Waals surface area contributed by atoms with Crippen LogP contribution >= 0.6 is 15.9 Å². The van der Waals surface area contributed by atoms with E-state index in [0.717, 1.165) is 4.47 Å². The molecule has 0 radical (unpaired) electrons. The molecule has 27 heavy (non-hydrogen) atoms. The van der Waals surface area contributed by atoms with Gasteiger partial charge in [-0.2, -0.15) is 8.78 Å². The van der Waals surface area contributed by atoms with Crippen molar-refractivity contribution in [1.82, 2.24) is 9.78 Å². The molecule has 2 aromatic carbocycles. The molecule has 3 rings (SSSR count). The van der Waals surface area contributed by atoms with Crippen molar-refractivity contribution in [2.45, 2.75) is 25.2 Å². The summed E-state index contributed by atoms with van der Waals surface area (Å²) in [6.45, 7) is -3.54. The van der Waals surface area contributed by atoms with E-state index >= 15 is 0 Å². The van der Waals surface area contributed by atoms with Gasteiger partial charge in [0.25, 0.3) is 5.56 Å². The zero-order valence-corrected chi connectivity index (χ0v) is 15.6. The molecule has 0 amide bonds. The molecule has 3 aromatic rings. The summed E-state index contributed by atoms with van der Waals surface area (Å²) in [5, 5.41) is 22.4. The van der Waals surface area contributed by atoms with Crippen molar-refractivity contribution in [2.75, 3.05) is 6.61 Å². The van der Waals surface area contributed by atoms with Crippen LogP contribution in [0.3, 0.4) is 0 Å². The van der Waals surface area contributed by atoms with Crippen molar-refractivity contribution in [1.29, 1.82) is 0 Å². The number of aromatic nitrogens is 2. The number of nitrogens with one attached hydrogen (secondary N) is 1. The van der Waals surface area contributed by atoms with E-state index in [4.69, 9.17) is 0 Å². The molecule has 1 heterocycles. The number of aromatic amines is 1. The quantitative estimate of drug-likeness (QED) is 0.524. The molecule has 9 heteroatoms. The number of alkyl halides is 2. The van der Waals surface area contributed by atoms with E-state index in [2.05, 4.69) is 25.8 Å². The van der Waals surface area contributed by atoms with Crippen LogP contribution in [0.5, 0.6) is 5.75 Å². The third-order valence-corrected chi connectivity index (χ3v) is 4.69. The normalized spacial score (nSPS) is 13.9. The number of H-pyrrole nitrogens is 1. The molecule has 2 atom stereocenters. The minimum atomic E-state index is -3.02. The maximum Gasteiger partial charge on any atom is 0.387 e.